The van der Waals surface area contributed by atoms with E-state index in [9.17, 15) is 33.9 Å². The summed E-state index contributed by atoms with van der Waals surface area (Å²) in [6.45, 7) is 2.23. The Morgan fingerprint density at radius 1 is 1.00 bits per heavy atom. The Bertz CT molecular complexity index is 1630. The first-order valence-electron chi connectivity index (χ1n) is 15.4. The van der Waals surface area contributed by atoms with E-state index in [1.807, 2.05) is 29.6 Å². The summed E-state index contributed by atoms with van der Waals surface area (Å²) < 4.78 is 0.906. The number of amides is 6. The van der Waals surface area contributed by atoms with E-state index in [4.69, 9.17) is 0 Å². The minimum absolute atomic E-state index is 0.0151. The molecule has 2 aliphatic rings. The van der Waals surface area contributed by atoms with Crippen LogP contribution < -0.4 is 21.3 Å². The molecule has 3 aromatic rings. The van der Waals surface area contributed by atoms with Gasteiger partial charge in [0, 0.05) is 26.1 Å². The molecule has 6 amide bonds. The lowest BCUT2D eigenvalue weighted by molar-refractivity contribution is -0.143. The van der Waals surface area contributed by atoms with Crippen LogP contribution >= 0.6 is 11.3 Å². The number of likely N-dealkylation sites (N-methyl/N-ethyl adjacent to an activating group) is 1. The van der Waals surface area contributed by atoms with Gasteiger partial charge in [-0.25, -0.2) is 0 Å². The predicted molar refractivity (Wildman–Crippen MR) is 173 cm³/mol. The Hall–Kier alpha value is -4.76. The molecule has 0 spiro atoms. The summed E-state index contributed by atoms with van der Waals surface area (Å²) in [5.74, 6) is -4.04. The molecule has 2 fully saturated rings. The van der Waals surface area contributed by atoms with Crippen LogP contribution in [-0.4, -0.2) is 112 Å². The maximum absolute atomic E-state index is 14.4. The summed E-state index contributed by atoms with van der Waals surface area (Å²) in [6, 6.07) is 7.27. The van der Waals surface area contributed by atoms with Gasteiger partial charge in [0.25, 0.3) is 5.91 Å². The van der Waals surface area contributed by atoms with Gasteiger partial charge in [0.15, 0.2) is 0 Å². The van der Waals surface area contributed by atoms with Gasteiger partial charge in [-0.15, -0.1) is 11.3 Å². The number of fused-ring (bicyclic) bond motifs is 2. The molecule has 0 radical (unpaired) electrons. The number of hydrogen-bond donors (Lipinski definition) is 6. The van der Waals surface area contributed by atoms with Crippen molar-refractivity contribution < 1.29 is 33.9 Å². The largest absolute Gasteiger partial charge is 0.394 e. The molecule has 2 aliphatic heterocycles. The number of H-pyrrole nitrogens is 1. The van der Waals surface area contributed by atoms with Gasteiger partial charge >= 0.3 is 0 Å². The minimum Gasteiger partial charge on any atom is -0.394 e. The Morgan fingerprint density at radius 3 is 2.40 bits per heavy atom. The Balaban J connectivity index is 1.48. The van der Waals surface area contributed by atoms with Crippen molar-refractivity contribution in [1.82, 2.24) is 36.1 Å². The van der Waals surface area contributed by atoms with Gasteiger partial charge in [-0.1, -0.05) is 44.2 Å². The quantitative estimate of drug-likeness (QED) is 0.209. The molecule has 1 aromatic carbocycles. The van der Waals surface area contributed by atoms with Gasteiger partial charge in [-0.05, 0) is 35.4 Å². The van der Waals surface area contributed by atoms with Gasteiger partial charge in [-0.3, -0.25) is 28.8 Å². The number of nitrogens with one attached hydrogen (secondary N) is 5. The van der Waals surface area contributed by atoms with Crippen molar-refractivity contribution in [3.8, 4) is 0 Å². The van der Waals surface area contributed by atoms with Crippen LogP contribution in [0.5, 0.6) is 0 Å². The normalized spacial score (nSPS) is 24.8. The van der Waals surface area contributed by atoms with Crippen LogP contribution in [-0.2, 0) is 30.4 Å². The third kappa shape index (κ3) is 7.63. The fourth-order valence-electron chi connectivity index (χ4n) is 5.94. The minimum atomic E-state index is -1.40. The Kier molecular flexibility index (Phi) is 10.3. The van der Waals surface area contributed by atoms with E-state index >= 15 is 0 Å². The molecule has 0 bridgehead atoms. The highest BCUT2D eigenvalue weighted by molar-refractivity contribution is 7.17. The van der Waals surface area contributed by atoms with Crippen LogP contribution in [0.15, 0.2) is 47.8 Å². The molecule has 0 aliphatic carbocycles. The molecule has 6 N–H and O–H groups in total. The van der Waals surface area contributed by atoms with E-state index in [-0.39, 0.29) is 25.3 Å². The van der Waals surface area contributed by atoms with E-state index in [2.05, 4.69) is 26.3 Å². The van der Waals surface area contributed by atoms with Gasteiger partial charge in [0.2, 0.25) is 29.5 Å². The number of aromatic amines is 1. The van der Waals surface area contributed by atoms with Crippen LogP contribution in [0.2, 0.25) is 0 Å². The molecule has 5 rings (SSSR count). The topological polar surface area (TPSA) is 193 Å². The standard InChI is InChI=1S/C32H39N7O7S/c1-17(2)27-30(44)35-22(11-18-7-5-4-6-8-18)32(46)39-14-19(33-28(42)21-13-25-20(34-21)9-10-47-25)12-24(39)29(43)36-23(16-40)31(45)38(3)15-26(41)37-27/h4-10,13,17,19,22-24,27,34,40H,11-12,14-16H2,1-3H3,(H,33,42)(H,35,44)(H,36,43)(H,37,41)/t19-,22-,23-,24-,27+/m0/s1. The van der Waals surface area contributed by atoms with E-state index in [0.29, 0.717) is 5.69 Å². The molecule has 2 aromatic heterocycles. The highest BCUT2D eigenvalue weighted by atomic mass is 32.1. The summed E-state index contributed by atoms with van der Waals surface area (Å²) in [6.07, 6.45) is 0.104. The van der Waals surface area contributed by atoms with Gasteiger partial charge in [0.1, 0.15) is 29.9 Å². The maximum Gasteiger partial charge on any atom is 0.268 e. The van der Waals surface area contributed by atoms with E-state index in [0.717, 1.165) is 20.7 Å². The second-order valence-electron chi connectivity index (χ2n) is 12.3. The third-order valence-corrected chi connectivity index (χ3v) is 9.29. The first kappa shape index (κ1) is 33.6. The lowest BCUT2D eigenvalue weighted by Gasteiger charge is -2.30. The van der Waals surface area contributed by atoms with Crippen LogP contribution in [0.3, 0.4) is 0 Å². The van der Waals surface area contributed by atoms with Gasteiger partial charge in [0.05, 0.1) is 23.4 Å². The lowest BCUT2D eigenvalue weighted by Crippen LogP contribution is -2.58. The third-order valence-electron chi connectivity index (χ3n) is 8.42. The summed E-state index contributed by atoms with van der Waals surface area (Å²) in [4.78, 5) is 86.5. The molecule has 0 unspecified atom stereocenters. The molecule has 2 saturated heterocycles. The van der Waals surface area contributed by atoms with Crippen molar-refractivity contribution in [1.29, 1.82) is 0 Å². The highest BCUT2D eigenvalue weighted by Gasteiger charge is 2.44. The van der Waals surface area contributed by atoms with Crippen LogP contribution in [0.25, 0.3) is 10.2 Å². The highest BCUT2D eigenvalue weighted by Crippen LogP contribution is 2.24. The summed E-state index contributed by atoms with van der Waals surface area (Å²) in [5, 5.41) is 22.9. The van der Waals surface area contributed by atoms with Crippen LogP contribution in [0.1, 0.15) is 36.3 Å². The average Bonchev–Trinajstić information content (AvgIpc) is 3.77. The van der Waals surface area contributed by atoms with Gasteiger partial charge < -0.3 is 41.2 Å². The molecule has 14 nitrogen and oxygen atoms in total. The molecular formula is C32H39N7O7S. The summed E-state index contributed by atoms with van der Waals surface area (Å²) in [7, 11) is 1.34. The van der Waals surface area contributed by atoms with Crippen molar-refractivity contribution in [2.45, 2.75) is 56.9 Å². The predicted octanol–water partition coefficient (Wildman–Crippen LogP) is -0.254. The zero-order chi connectivity index (χ0) is 33.8. The maximum atomic E-state index is 14.4. The Morgan fingerprint density at radius 2 is 1.72 bits per heavy atom. The van der Waals surface area contributed by atoms with Crippen molar-refractivity contribution in [3.05, 3.63) is 59.1 Å². The molecule has 15 heteroatoms. The second kappa shape index (κ2) is 14.3. The first-order chi connectivity index (χ1) is 22.4. The fourth-order valence-corrected chi connectivity index (χ4v) is 6.73. The number of benzene rings is 1. The molecule has 0 saturated carbocycles. The second-order valence-corrected chi connectivity index (χ2v) is 13.2. The van der Waals surface area contributed by atoms with Crippen molar-refractivity contribution in [2.75, 3.05) is 26.7 Å². The number of hydrogen-bond acceptors (Lipinski definition) is 8. The van der Waals surface area contributed by atoms with E-state index in [1.54, 1.807) is 32.0 Å². The summed E-state index contributed by atoms with van der Waals surface area (Å²) in [5.41, 5.74) is 1.89. The van der Waals surface area contributed by atoms with Crippen LogP contribution in [0.4, 0.5) is 0 Å². The SMILES string of the molecule is CC(C)[C@H]1NC(=O)CN(C)C(=O)[C@H](CO)NC(=O)[C@@H]2C[C@H](NC(=O)c3cc4sccc4[nH]3)CN2C(=O)[C@H](Cc2ccccc2)NC1=O. The number of carbonyl (C=O) groups excluding carboxylic acids is 6. The average molecular weight is 666 g/mol. The number of thiophene rings is 1. The molecular weight excluding hydrogens is 626 g/mol. The van der Waals surface area contributed by atoms with Gasteiger partial charge in [-0.2, -0.15) is 0 Å². The molecule has 250 valence electrons. The number of rotatable bonds is 6. The number of nitrogens with zero attached hydrogens (tertiary/aromatic N) is 2. The van der Waals surface area contributed by atoms with Crippen molar-refractivity contribution in [2.24, 2.45) is 5.92 Å². The number of carbonyl (C=O) groups is 6. The monoisotopic (exact) mass is 665 g/mol. The lowest BCUT2D eigenvalue weighted by atomic mass is 10.0. The van der Waals surface area contributed by atoms with E-state index in [1.165, 1.54) is 23.3 Å². The molecule has 47 heavy (non-hydrogen) atoms. The number of aromatic nitrogens is 1. The molecule has 4 heterocycles. The first-order valence-corrected chi connectivity index (χ1v) is 16.3. The Labute approximate surface area is 275 Å². The van der Waals surface area contributed by atoms with Crippen molar-refractivity contribution in [3.63, 3.8) is 0 Å². The smallest absolute Gasteiger partial charge is 0.268 e. The van der Waals surface area contributed by atoms with E-state index < -0.39 is 78.8 Å². The zero-order valence-electron chi connectivity index (χ0n) is 26.3. The van der Waals surface area contributed by atoms with Crippen molar-refractivity contribution >= 4 is 57.0 Å². The van der Waals surface area contributed by atoms with Crippen LogP contribution in [0, 0.1) is 5.92 Å². The zero-order valence-corrected chi connectivity index (χ0v) is 27.1. The molecule has 5 atom stereocenters. The number of aliphatic hydroxyl groups excluding tert-OH is 1. The summed E-state index contributed by atoms with van der Waals surface area (Å²) >= 11 is 1.48. The number of aliphatic hydroxyl groups is 1. The fraction of sp³-hybridized carbons (Fsp3) is 0.438.